The van der Waals surface area contributed by atoms with Gasteiger partial charge in [-0.25, -0.2) is 0 Å². The zero-order chi connectivity index (χ0) is 7.72. The summed E-state index contributed by atoms with van der Waals surface area (Å²) in [7, 11) is 0. The highest BCUT2D eigenvalue weighted by atomic mass is 79.9. The summed E-state index contributed by atoms with van der Waals surface area (Å²) in [6.07, 6.45) is 0. The van der Waals surface area contributed by atoms with E-state index in [1.165, 1.54) is 9.75 Å². The molecule has 1 heterocycles. The summed E-state index contributed by atoms with van der Waals surface area (Å²) in [6.45, 7) is 4.08. The number of halogens is 1. The number of hydrogen-bond acceptors (Lipinski definition) is 2. The molecule has 3 heteroatoms. The van der Waals surface area contributed by atoms with E-state index in [9.17, 15) is 0 Å². The average molecular weight is 220 g/mol. The number of nitrogens with two attached hydrogens (primary N) is 1. The summed E-state index contributed by atoms with van der Waals surface area (Å²) < 4.78 is 1.14. The molecule has 0 saturated heterocycles. The fourth-order valence-corrected chi connectivity index (χ4v) is 2.78. The van der Waals surface area contributed by atoms with Crippen LogP contribution in [0.3, 0.4) is 0 Å². The third-order valence-electron chi connectivity index (χ3n) is 1.25. The maximum atomic E-state index is 5.71. The quantitative estimate of drug-likeness (QED) is 0.773. The van der Waals surface area contributed by atoms with E-state index in [-0.39, 0.29) is 6.04 Å². The van der Waals surface area contributed by atoms with Crippen LogP contribution in [0, 0.1) is 6.92 Å². The Morgan fingerprint density at radius 1 is 1.70 bits per heavy atom. The van der Waals surface area contributed by atoms with Gasteiger partial charge in [0, 0.05) is 20.3 Å². The maximum Gasteiger partial charge on any atom is 0.0372 e. The van der Waals surface area contributed by atoms with Crippen molar-refractivity contribution in [2.45, 2.75) is 19.9 Å². The largest absolute Gasteiger partial charge is 0.323 e. The molecule has 1 atom stereocenters. The number of rotatable bonds is 1. The summed E-state index contributed by atoms with van der Waals surface area (Å²) >= 11 is 5.20. The molecule has 1 aromatic heterocycles. The van der Waals surface area contributed by atoms with Crippen LogP contribution >= 0.6 is 27.3 Å². The van der Waals surface area contributed by atoms with Crippen molar-refractivity contribution in [2.24, 2.45) is 5.73 Å². The van der Waals surface area contributed by atoms with E-state index in [4.69, 9.17) is 5.73 Å². The predicted octanol–water partition coefficient (Wildman–Crippen LogP) is 2.84. The van der Waals surface area contributed by atoms with Gasteiger partial charge in [-0.2, -0.15) is 0 Å². The van der Waals surface area contributed by atoms with Gasteiger partial charge < -0.3 is 5.73 Å². The Hall–Kier alpha value is 0.140. The van der Waals surface area contributed by atoms with Crippen LogP contribution in [0.25, 0.3) is 0 Å². The van der Waals surface area contributed by atoms with Gasteiger partial charge in [0.2, 0.25) is 0 Å². The van der Waals surface area contributed by atoms with Crippen molar-refractivity contribution >= 4 is 27.3 Å². The smallest absolute Gasteiger partial charge is 0.0372 e. The lowest BCUT2D eigenvalue weighted by molar-refractivity contribution is 0.834. The van der Waals surface area contributed by atoms with Crippen LogP contribution in [0.4, 0.5) is 0 Å². The van der Waals surface area contributed by atoms with Gasteiger partial charge in [-0.1, -0.05) is 0 Å². The molecule has 0 saturated carbocycles. The third-order valence-corrected chi connectivity index (χ3v) is 3.42. The van der Waals surface area contributed by atoms with E-state index >= 15 is 0 Å². The maximum absolute atomic E-state index is 5.71. The molecule has 0 aliphatic rings. The second-order valence-electron chi connectivity index (χ2n) is 2.36. The standard InChI is InChI=1S/C7H10BrNS/c1-4-3-6(8)7(10-4)5(2)9/h3,5H,9H2,1-2H3. The van der Waals surface area contributed by atoms with Crippen LogP contribution in [-0.4, -0.2) is 0 Å². The average Bonchev–Trinajstić information content (AvgIpc) is 2.10. The van der Waals surface area contributed by atoms with Crippen molar-refractivity contribution in [1.29, 1.82) is 0 Å². The highest BCUT2D eigenvalue weighted by Crippen LogP contribution is 2.30. The monoisotopic (exact) mass is 219 g/mol. The molecule has 2 N–H and O–H groups in total. The van der Waals surface area contributed by atoms with Gasteiger partial charge in [-0.15, -0.1) is 11.3 Å². The van der Waals surface area contributed by atoms with E-state index in [1.54, 1.807) is 11.3 Å². The van der Waals surface area contributed by atoms with Crippen LogP contribution in [0.1, 0.15) is 22.7 Å². The van der Waals surface area contributed by atoms with Gasteiger partial charge in [0.25, 0.3) is 0 Å². The number of aryl methyl sites for hydroxylation is 1. The lowest BCUT2D eigenvalue weighted by Crippen LogP contribution is -2.02. The molecule has 1 unspecified atom stereocenters. The highest BCUT2D eigenvalue weighted by molar-refractivity contribution is 9.10. The van der Waals surface area contributed by atoms with Crippen LogP contribution in [0.5, 0.6) is 0 Å². The van der Waals surface area contributed by atoms with E-state index in [1.807, 2.05) is 6.92 Å². The zero-order valence-electron chi connectivity index (χ0n) is 6.02. The molecule has 0 bridgehead atoms. The van der Waals surface area contributed by atoms with Gasteiger partial charge in [-0.3, -0.25) is 0 Å². The SMILES string of the molecule is Cc1cc(Br)c(C(C)N)s1. The Balaban J connectivity index is 3.03. The fraction of sp³-hybridized carbons (Fsp3) is 0.429. The predicted molar refractivity (Wildman–Crippen MR) is 49.4 cm³/mol. The van der Waals surface area contributed by atoms with Crippen LogP contribution in [0.15, 0.2) is 10.5 Å². The minimum absolute atomic E-state index is 0.146. The van der Waals surface area contributed by atoms with E-state index < -0.39 is 0 Å². The summed E-state index contributed by atoms with van der Waals surface area (Å²) in [5, 5.41) is 0. The second kappa shape index (κ2) is 3.03. The molecule has 0 radical (unpaired) electrons. The summed E-state index contributed by atoms with van der Waals surface area (Å²) in [6, 6.07) is 2.25. The molecule has 1 nitrogen and oxygen atoms in total. The Morgan fingerprint density at radius 3 is 2.50 bits per heavy atom. The van der Waals surface area contributed by atoms with Crippen LogP contribution in [-0.2, 0) is 0 Å². The highest BCUT2D eigenvalue weighted by Gasteiger charge is 2.07. The first-order chi connectivity index (χ1) is 4.61. The molecule has 0 spiro atoms. The molecule has 56 valence electrons. The van der Waals surface area contributed by atoms with Crippen molar-refractivity contribution in [2.75, 3.05) is 0 Å². The molecule has 10 heavy (non-hydrogen) atoms. The van der Waals surface area contributed by atoms with Crippen LogP contribution < -0.4 is 5.73 Å². The normalized spacial score (nSPS) is 13.6. The van der Waals surface area contributed by atoms with Gasteiger partial charge in [0.15, 0.2) is 0 Å². The summed E-state index contributed by atoms with van der Waals surface area (Å²) in [5.74, 6) is 0. The van der Waals surface area contributed by atoms with E-state index in [0.29, 0.717) is 0 Å². The minimum Gasteiger partial charge on any atom is -0.323 e. The van der Waals surface area contributed by atoms with Crippen molar-refractivity contribution in [3.8, 4) is 0 Å². The zero-order valence-corrected chi connectivity index (χ0v) is 8.42. The molecule has 0 fully saturated rings. The second-order valence-corrected chi connectivity index (χ2v) is 4.50. The van der Waals surface area contributed by atoms with Crippen molar-refractivity contribution in [3.05, 3.63) is 20.3 Å². The first kappa shape index (κ1) is 8.24. The van der Waals surface area contributed by atoms with Gasteiger partial charge in [0.1, 0.15) is 0 Å². The lowest BCUT2D eigenvalue weighted by atomic mass is 10.3. The van der Waals surface area contributed by atoms with Crippen molar-refractivity contribution in [1.82, 2.24) is 0 Å². The summed E-state index contributed by atoms with van der Waals surface area (Å²) in [5.41, 5.74) is 5.71. The summed E-state index contributed by atoms with van der Waals surface area (Å²) in [4.78, 5) is 2.54. The van der Waals surface area contributed by atoms with Gasteiger partial charge >= 0.3 is 0 Å². The van der Waals surface area contributed by atoms with Gasteiger partial charge in [-0.05, 0) is 35.8 Å². The van der Waals surface area contributed by atoms with E-state index in [2.05, 4.69) is 28.9 Å². The van der Waals surface area contributed by atoms with Crippen LogP contribution in [0.2, 0.25) is 0 Å². The topological polar surface area (TPSA) is 26.0 Å². The molecule has 0 aliphatic heterocycles. The fourth-order valence-electron chi connectivity index (χ4n) is 0.812. The Bertz CT molecular complexity index is 230. The molecule has 0 aromatic carbocycles. The Morgan fingerprint density at radius 2 is 2.30 bits per heavy atom. The molecule has 1 rings (SSSR count). The van der Waals surface area contributed by atoms with Crippen molar-refractivity contribution in [3.63, 3.8) is 0 Å². The molecule has 1 aromatic rings. The van der Waals surface area contributed by atoms with Gasteiger partial charge in [0.05, 0.1) is 0 Å². The third kappa shape index (κ3) is 1.59. The molecular weight excluding hydrogens is 210 g/mol. The first-order valence-electron chi connectivity index (χ1n) is 3.12. The number of thiophene rings is 1. The lowest BCUT2D eigenvalue weighted by Gasteiger charge is -2.00. The molecular formula is C7H10BrNS. The number of hydrogen-bond donors (Lipinski definition) is 1. The van der Waals surface area contributed by atoms with E-state index in [0.717, 1.165) is 4.47 Å². The first-order valence-corrected chi connectivity index (χ1v) is 4.73. The van der Waals surface area contributed by atoms with Crippen molar-refractivity contribution < 1.29 is 0 Å². The molecule has 0 amide bonds. The Kier molecular flexibility index (Phi) is 2.50. The molecule has 0 aliphatic carbocycles. The Labute approximate surface area is 73.4 Å². The minimum atomic E-state index is 0.146.